The molecule has 0 atom stereocenters. The monoisotopic (exact) mass is 735 g/mol. The van der Waals surface area contributed by atoms with Crippen LogP contribution in [-0.2, 0) is 15.7 Å². The molecule has 267 valence electrons. The molecule has 0 fully saturated rings. The van der Waals surface area contributed by atoms with Crippen LogP contribution < -0.4 is 5.62 Å². The number of imidazole rings is 1. The van der Waals surface area contributed by atoms with Crippen molar-refractivity contribution in [2.75, 3.05) is 20.0 Å². The van der Waals surface area contributed by atoms with Gasteiger partial charge in [-0.15, -0.1) is 0 Å². The molecule has 7 heteroatoms. The van der Waals surface area contributed by atoms with E-state index in [1.54, 1.807) is 0 Å². The van der Waals surface area contributed by atoms with Crippen molar-refractivity contribution in [3.05, 3.63) is 111 Å². The van der Waals surface area contributed by atoms with Crippen LogP contribution in [-0.4, -0.2) is 41.6 Å². The molecule has 4 aromatic rings. The minimum absolute atomic E-state index is 0.0291. The Balaban J connectivity index is 0.000000365. The molecular formula is C42H65N4PSiV. The van der Waals surface area contributed by atoms with E-state index in [1.807, 2.05) is 21.5 Å². The molecule has 0 radical (unpaired) electrons. The number of nitrogens with zero attached hydrogens (tertiary/aromatic N) is 4. The fourth-order valence-electron chi connectivity index (χ4n) is 5.53. The second-order valence-electron chi connectivity index (χ2n) is 16.0. The molecule has 4 nitrogen and oxygen atoms in total. The van der Waals surface area contributed by atoms with Gasteiger partial charge >= 0.3 is 100 Å². The van der Waals surface area contributed by atoms with Crippen LogP contribution in [0.5, 0.6) is 0 Å². The van der Waals surface area contributed by atoms with E-state index in [2.05, 4.69) is 168 Å². The van der Waals surface area contributed by atoms with Crippen molar-refractivity contribution in [3.63, 3.8) is 0 Å². The zero-order chi connectivity index (χ0) is 37.2. The van der Waals surface area contributed by atoms with Crippen LogP contribution in [0.2, 0.25) is 19.6 Å². The van der Waals surface area contributed by atoms with Gasteiger partial charge in [0.2, 0.25) is 0 Å². The number of hydrogen-bond donors (Lipinski definition) is 0. The van der Waals surface area contributed by atoms with E-state index in [4.69, 9.17) is 3.79 Å². The summed E-state index contributed by atoms with van der Waals surface area (Å²) in [7, 11) is -0.903. The number of para-hydroxylation sites is 2. The Kier molecular flexibility index (Phi) is 16.8. The number of aryl methyl sites for hydroxylation is 2. The SMILES string of the molecule is CC(C)c1cccc(C(C)C)c1-n1ccn(-c2c(C(C)C)cccc2C(C)C)c1=[N-].C[PH+](C)C.Cc1cccc(C)c1[N]=[V]=[CH][Si](C)(C)C. The Morgan fingerprint density at radius 3 is 1.22 bits per heavy atom. The van der Waals surface area contributed by atoms with Crippen molar-refractivity contribution < 1.29 is 15.7 Å². The minimum atomic E-state index is -1.02. The summed E-state index contributed by atoms with van der Waals surface area (Å²) in [6.45, 7) is 35.9. The van der Waals surface area contributed by atoms with Crippen LogP contribution in [0.3, 0.4) is 0 Å². The van der Waals surface area contributed by atoms with Crippen molar-refractivity contribution in [1.82, 2.24) is 9.13 Å². The van der Waals surface area contributed by atoms with Crippen molar-refractivity contribution in [2.24, 2.45) is 3.79 Å². The van der Waals surface area contributed by atoms with Crippen LogP contribution in [0.15, 0.2) is 70.8 Å². The third-order valence-electron chi connectivity index (χ3n) is 8.00. The molecule has 1 aromatic heterocycles. The summed E-state index contributed by atoms with van der Waals surface area (Å²) in [5, 5.41) is 11.5. The van der Waals surface area contributed by atoms with Crippen molar-refractivity contribution in [2.45, 2.75) is 113 Å². The fraction of sp³-hybridized carbons (Fsp3) is 0.476. The maximum absolute atomic E-state index is 11.5. The molecule has 49 heavy (non-hydrogen) atoms. The van der Waals surface area contributed by atoms with Crippen LogP contribution in [0.25, 0.3) is 16.8 Å². The van der Waals surface area contributed by atoms with Gasteiger partial charge in [-0.05, 0) is 77.6 Å². The van der Waals surface area contributed by atoms with Crippen LogP contribution in [0.4, 0.5) is 5.69 Å². The second-order valence-corrected chi connectivity index (χ2v) is 25.9. The summed E-state index contributed by atoms with van der Waals surface area (Å²) < 4.78 is 11.2. The van der Waals surface area contributed by atoms with Gasteiger partial charge in [0.1, 0.15) is 0 Å². The van der Waals surface area contributed by atoms with Gasteiger partial charge in [0.15, 0.2) is 0 Å². The van der Waals surface area contributed by atoms with Gasteiger partial charge in [0, 0.05) is 25.6 Å². The maximum atomic E-state index is 11.5. The van der Waals surface area contributed by atoms with Gasteiger partial charge in [-0.25, -0.2) is 0 Å². The molecule has 0 aliphatic carbocycles. The number of rotatable bonds is 8. The second kappa shape index (κ2) is 19.3. The first kappa shape index (κ1) is 42.7. The van der Waals surface area contributed by atoms with E-state index in [0.717, 1.165) is 11.4 Å². The van der Waals surface area contributed by atoms with Crippen molar-refractivity contribution in [1.29, 1.82) is 0 Å². The quantitative estimate of drug-likeness (QED) is 0.128. The molecule has 0 aliphatic heterocycles. The predicted molar refractivity (Wildman–Crippen MR) is 221 cm³/mol. The van der Waals surface area contributed by atoms with E-state index in [-0.39, 0.29) is 29.2 Å². The normalized spacial score (nSPS) is 11.4. The van der Waals surface area contributed by atoms with Gasteiger partial charge in [-0.3, -0.25) is 0 Å². The van der Waals surface area contributed by atoms with E-state index in [9.17, 15) is 5.41 Å². The fourth-order valence-corrected chi connectivity index (χ4v) is 8.51. The summed E-state index contributed by atoms with van der Waals surface area (Å²) in [6, 6.07) is 19.4. The summed E-state index contributed by atoms with van der Waals surface area (Å²) in [6.07, 6.45) is 4.01. The molecule has 0 N–H and O–H groups in total. The van der Waals surface area contributed by atoms with Gasteiger partial charge in [-0.1, -0.05) is 91.8 Å². The molecule has 4 rings (SSSR count). The third-order valence-corrected chi connectivity index (χ3v) is 13.6. The van der Waals surface area contributed by atoms with Gasteiger partial charge in [-0.2, -0.15) is 0 Å². The molecule has 0 spiro atoms. The first-order valence-electron chi connectivity index (χ1n) is 17.9. The zero-order valence-corrected chi connectivity index (χ0v) is 36.9. The Morgan fingerprint density at radius 2 is 0.939 bits per heavy atom. The molecule has 3 aromatic carbocycles. The Bertz CT molecular complexity index is 1620. The Labute approximate surface area is 308 Å². The summed E-state index contributed by atoms with van der Waals surface area (Å²) >= 11 is 0.0291. The molecule has 0 saturated carbocycles. The number of benzene rings is 3. The van der Waals surface area contributed by atoms with Gasteiger partial charge < -0.3 is 14.5 Å². The number of aromatic nitrogens is 2. The molecule has 0 bridgehead atoms. The molecular weight excluding hydrogens is 670 g/mol. The zero-order valence-electron chi connectivity index (χ0n) is 33.5. The molecule has 0 aliphatic rings. The van der Waals surface area contributed by atoms with Crippen molar-refractivity contribution >= 4 is 26.0 Å². The molecule has 0 amide bonds. The standard InChI is InChI=1S/C27H36N3.C8H9N.C4H10Si.C3H9P.V/c1-17(2)21-11-9-12-22(18(3)4)25(21)29-15-16-30(27(29)28)26-23(19(5)6)13-10-14-24(26)20(7)8;1-6-4-3-5-7(2)8(6)9;1-5(2,3)4;1-4(2)3;/h9-20H,1-8H3;3-5H,1-2H3;1H,2-4H3;1-3H3;/q-1;;;;/p+1. The van der Waals surface area contributed by atoms with Crippen molar-refractivity contribution in [3.8, 4) is 11.4 Å². The average Bonchev–Trinajstić information content (AvgIpc) is 3.37. The average molecular weight is 736 g/mol. The van der Waals surface area contributed by atoms with Gasteiger partial charge in [0.25, 0.3) is 0 Å². The van der Waals surface area contributed by atoms with E-state index < -0.39 is 8.07 Å². The number of hydrogen-bond acceptors (Lipinski definition) is 1. The van der Waals surface area contributed by atoms with E-state index in [1.165, 1.54) is 39.1 Å². The molecule has 1 heterocycles. The summed E-state index contributed by atoms with van der Waals surface area (Å²) in [5.41, 5.74) is 11.3. The topological polar surface area (TPSA) is 44.5 Å². The Morgan fingerprint density at radius 1 is 0.633 bits per heavy atom. The summed E-state index contributed by atoms with van der Waals surface area (Å²) in [4.78, 5) is 0. The molecule has 0 saturated heterocycles. The molecule has 0 unspecified atom stereocenters. The van der Waals surface area contributed by atoms with Gasteiger partial charge in [0.05, 0.1) is 0 Å². The van der Waals surface area contributed by atoms with Crippen LogP contribution in [0, 0.1) is 13.8 Å². The van der Waals surface area contributed by atoms with E-state index >= 15 is 0 Å². The predicted octanol–water partition coefficient (Wildman–Crippen LogP) is 12.2. The Hall–Kier alpha value is -2.43. The van der Waals surface area contributed by atoms with Crippen LogP contribution >= 0.6 is 7.92 Å². The van der Waals surface area contributed by atoms with E-state index in [0.29, 0.717) is 23.7 Å². The first-order chi connectivity index (χ1) is 22.8. The summed E-state index contributed by atoms with van der Waals surface area (Å²) in [5.74, 6) is 1.46. The van der Waals surface area contributed by atoms with Crippen LogP contribution in [0.1, 0.15) is 112 Å². The third kappa shape index (κ3) is 12.4. The first-order valence-corrected chi connectivity index (χ1v) is 26.0.